The Hall–Kier alpha value is -1.27. The van der Waals surface area contributed by atoms with Crippen LogP contribution in [0.25, 0.3) is 12.2 Å². The summed E-state index contributed by atoms with van der Waals surface area (Å²) < 4.78 is 0. The molecule has 0 spiro atoms. The summed E-state index contributed by atoms with van der Waals surface area (Å²) >= 11 is 0. The van der Waals surface area contributed by atoms with Crippen LogP contribution in [0.5, 0.6) is 0 Å². The van der Waals surface area contributed by atoms with E-state index in [1.807, 2.05) is 0 Å². The van der Waals surface area contributed by atoms with Gasteiger partial charge in [-0.25, -0.2) is 0 Å². The maximum atomic E-state index is 2.54. The molecule has 2 aliphatic carbocycles. The van der Waals surface area contributed by atoms with Crippen LogP contribution in [0.3, 0.4) is 0 Å². The Morgan fingerprint density at radius 3 is 1.55 bits per heavy atom. The number of hydrogen-bond acceptors (Lipinski definition) is 0. The van der Waals surface area contributed by atoms with Crippen molar-refractivity contribution < 1.29 is 18.9 Å². The number of hydrogen-bond donors (Lipinski definition) is 0. The Bertz CT molecular complexity index is 694. The van der Waals surface area contributed by atoms with Crippen molar-refractivity contribution in [1.82, 2.24) is 0 Å². The van der Waals surface area contributed by atoms with Gasteiger partial charge in [-0.05, 0) is 33.3 Å². The molecular weight excluding hydrogens is 275 g/mol. The molecule has 0 radical (unpaired) electrons. The molecule has 0 fully saturated rings. The van der Waals surface area contributed by atoms with Crippen LogP contribution in [-0.4, -0.2) is 8.07 Å². The molecule has 0 saturated heterocycles. The summed E-state index contributed by atoms with van der Waals surface area (Å²) in [4.78, 5) is 0. The molecule has 2 aromatic rings. The fourth-order valence-corrected chi connectivity index (χ4v) is 7.69. The van der Waals surface area contributed by atoms with Gasteiger partial charge in [-0.1, -0.05) is 85.9 Å². The van der Waals surface area contributed by atoms with E-state index < -0.39 is 8.07 Å². The van der Waals surface area contributed by atoms with Gasteiger partial charge in [0.15, 0.2) is 0 Å². The van der Waals surface area contributed by atoms with E-state index in [2.05, 4.69) is 85.9 Å². The van der Waals surface area contributed by atoms with Gasteiger partial charge in [0.25, 0.3) is 0 Å². The second kappa shape index (κ2) is 5.74. The minimum atomic E-state index is -1.51. The first-order valence-electron chi connectivity index (χ1n) is 7.72. The molecule has 4 rings (SSSR count). The average Bonchev–Trinajstić information content (AvgIpc) is 3.12. The van der Waals surface area contributed by atoms with E-state index in [1.54, 1.807) is 0 Å². The predicted molar refractivity (Wildman–Crippen MR) is 93.9 cm³/mol. The summed E-state index contributed by atoms with van der Waals surface area (Å²) in [5.74, 6) is 0. The van der Waals surface area contributed by atoms with Crippen LogP contribution in [-0.2, 0) is 0 Å². The Labute approximate surface area is 146 Å². The smallest absolute Gasteiger partial charge is 0.0791 e. The largest absolute Gasteiger partial charge is 1.00 e. The van der Waals surface area contributed by atoms with Gasteiger partial charge in [-0.2, -0.15) is 0 Å². The van der Waals surface area contributed by atoms with Crippen LogP contribution in [0.2, 0.25) is 13.1 Å². The van der Waals surface area contributed by atoms with E-state index in [0.29, 0.717) is 11.1 Å². The number of rotatable bonds is 2. The summed E-state index contributed by atoms with van der Waals surface area (Å²) in [6.45, 7) is 5.09. The van der Waals surface area contributed by atoms with Gasteiger partial charge in [-0.15, -0.1) is 0 Å². The zero-order valence-electron chi connectivity index (χ0n) is 13.6. The van der Waals surface area contributed by atoms with Gasteiger partial charge < -0.3 is 0 Å². The quantitative estimate of drug-likeness (QED) is 0.746. The maximum absolute atomic E-state index is 2.54. The Kier molecular flexibility index (Phi) is 4.08. The SMILES string of the molecule is C[Si](C)(C1C=Cc2ccccc21)C1C=Cc2ccccc21.[Li+]. The first kappa shape index (κ1) is 15.6. The van der Waals surface area contributed by atoms with E-state index >= 15 is 0 Å². The Balaban J connectivity index is 0.00000144. The standard InChI is InChI=1S/C20H20Si.Li/c1-21(2,19-13-11-15-7-3-5-9-17(15)19)20-14-12-16-8-4-6-10-18(16)20;/h3-14,19-20H,1-2H3;/q;+1. The summed E-state index contributed by atoms with van der Waals surface area (Å²) in [6, 6.07) is 17.8. The summed E-state index contributed by atoms with van der Waals surface area (Å²) in [7, 11) is -1.51. The first-order valence-corrected chi connectivity index (χ1v) is 10.9. The molecule has 0 saturated carbocycles. The Morgan fingerprint density at radius 2 is 1.09 bits per heavy atom. The van der Waals surface area contributed by atoms with Gasteiger partial charge >= 0.3 is 18.9 Å². The molecule has 2 heteroatoms. The van der Waals surface area contributed by atoms with Gasteiger partial charge in [0.1, 0.15) is 0 Å². The first-order chi connectivity index (χ1) is 10.2. The molecular formula is C20H20LiSi+. The zero-order valence-corrected chi connectivity index (χ0v) is 14.6. The van der Waals surface area contributed by atoms with Gasteiger partial charge in [-0.3, -0.25) is 0 Å². The summed E-state index contributed by atoms with van der Waals surface area (Å²) in [6.07, 6.45) is 9.54. The van der Waals surface area contributed by atoms with Gasteiger partial charge in [0.2, 0.25) is 0 Å². The normalized spacial score (nSPS) is 21.4. The molecule has 0 nitrogen and oxygen atoms in total. The molecule has 104 valence electrons. The number of fused-ring (bicyclic) bond motifs is 2. The van der Waals surface area contributed by atoms with E-state index in [4.69, 9.17) is 0 Å². The molecule has 0 aliphatic heterocycles. The number of benzene rings is 2. The second-order valence-electron chi connectivity index (χ2n) is 6.75. The summed E-state index contributed by atoms with van der Waals surface area (Å²) in [5, 5.41) is 0. The van der Waals surface area contributed by atoms with Crippen molar-refractivity contribution in [1.29, 1.82) is 0 Å². The molecule has 0 aromatic heterocycles. The third kappa shape index (κ3) is 2.29. The van der Waals surface area contributed by atoms with Crippen LogP contribution in [0.4, 0.5) is 0 Å². The molecule has 22 heavy (non-hydrogen) atoms. The molecule has 0 heterocycles. The van der Waals surface area contributed by atoms with Crippen molar-refractivity contribution in [3.63, 3.8) is 0 Å². The number of allylic oxidation sites excluding steroid dienone is 2. The summed E-state index contributed by atoms with van der Waals surface area (Å²) in [5.41, 5.74) is 7.14. The topological polar surface area (TPSA) is 0 Å². The fourth-order valence-electron chi connectivity index (χ4n) is 3.99. The van der Waals surface area contributed by atoms with Crippen molar-refractivity contribution in [2.75, 3.05) is 0 Å². The van der Waals surface area contributed by atoms with Crippen LogP contribution < -0.4 is 18.9 Å². The van der Waals surface area contributed by atoms with E-state index in [0.717, 1.165) is 0 Å². The molecule has 2 atom stereocenters. The third-order valence-corrected chi connectivity index (χ3v) is 9.41. The van der Waals surface area contributed by atoms with E-state index in [-0.39, 0.29) is 18.9 Å². The maximum Gasteiger partial charge on any atom is 1.00 e. The van der Waals surface area contributed by atoms with Crippen molar-refractivity contribution in [2.24, 2.45) is 0 Å². The van der Waals surface area contributed by atoms with Crippen LogP contribution in [0, 0.1) is 0 Å². The molecule has 2 aromatic carbocycles. The minimum absolute atomic E-state index is 0. The third-order valence-electron chi connectivity index (χ3n) is 5.20. The second-order valence-corrected chi connectivity index (χ2v) is 11.6. The molecule has 2 aliphatic rings. The fraction of sp³-hybridized carbons (Fsp3) is 0.200. The zero-order chi connectivity index (χ0) is 14.4. The molecule has 0 bridgehead atoms. The minimum Gasteiger partial charge on any atom is -0.0791 e. The van der Waals surface area contributed by atoms with Crippen LogP contribution >= 0.6 is 0 Å². The van der Waals surface area contributed by atoms with Gasteiger partial charge in [0, 0.05) is 0 Å². The molecule has 0 N–H and O–H groups in total. The monoisotopic (exact) mass is 295 g/mol. The van der Waals surface area contributed by atoms with E-state index in [9.17, 15) is 0 Å². The van der Waals surface area contributed by atoms with E-state index in [1.165, 1.54) is 22.3 Å². The van der Waals surface area contributed by atoms with Crippen LogP contribution in [0.1, 0.15) is 33.3 Å². The van der Waals surface area contributed by atoms with Crippen molar-refractivity contribution in [2.45, 2.75) is 24.2 Å². The Morgan fingerprint density at radius 1 is 0.682 bits per heavy atom. The molecule has 0 amide bonds. The van der Waals surface area contributed by atoms with Crippen LogP contribution in [0.15, 0.2) is 60.7 Å². The predicted octanol–water partition coefficient (Wildman–Crippen LogP) is 2.40. The van der Waals surface area contributed by atoms with Crippen molar-refractivity contribution >= 4 is 20.2 Å². The van der Waals surface area contributed by atoms with Crippen molar-refractivity contribution in [3.05, 3.63) is 82.9 Å². The average molecular weight is 295 g/mol. The van der Waals surface area contributed by atoms with Gasteiger partial charge in [0.05, 0.1) is 8.07 Å². The van der Waals surface area contributed by atoms with Crippen molar-refractivity contribution in [3.8, 4) is 0 Å². The molecule has 2 unspecified atom stereocenters.